The van der Waals surface area contributed by atoms with Gasteiger partial charge in [0.15, 0.2) is 5.76 Å². The van der Waals surface area contributed by atoms with E-state index in [1.54, 1.807) is 18.9 Å². The Morgan fingerprint density at radius 3 is 3.00 bits per heavy atom. The molecule has 0 bridgehead atoms. The number of methoxy groups -OCH3 is 1. The van der Waals surface area contributed by atoms with Crippen LogP contribution in [-0.4, -0.2) is 12.3 Å². The lowest BCUT2D eigenvalue weighted by atomic mass is 10.2. The van der Waals surface area contributed by atoms with E-state index in [0.717, 1.165) is 22.9 Å². The van der Waals surface area contributed by atoms with Crippen molar-refractivity contribution in [1.82, 2.24) is 5.16 Å². The molecule has 0 spiro atoms. The van der Waals surface area contributed by atoms with Crippen LogP contribution in [0, 0.1) is 6.92 Å². The molecule has 0 unspecified atom stereocenters. The Kier molecular flexibility index (Phi) is 4.28. The molecule has 1 aromatic heterocycles. The lowest BCUT2D eigenvalue weighted by Gasteiger charge is -2.04. The fraction of sp³-hybridized carbons (Fsp3) is 0.308. The number of nitrogens with zero attached hydrogens (tertiary/aromatic N) is 1. The molecule has 0 aliphatic carbocycles. The molecule has 0 radical (unpaired) electrons. The summed E-state index contributed by atoms with van der Waals surface area (Å²) in [5, 5.41) is 3.99. The molecule has 2 N–H and O–H groups in total. The Labute approximate surface area is 110 Å². The van der Waals surface area contributed by atoms with Gasteiger partial charge >= 0.3 is 0 Å². The van der Waals surface area contributed by atoms with Crippen LogP contribution in [0.4, 0.5) is 5.69 Å². The van der Waals surface area contributed by atoms with Crippen molar-refractivity contribution in [3.05, 3.63) is 41.3 Å². The van der Waals surface area contributed by atoms with Crippen LogP contribution in [-0.2, 0) is 17.1 Å². The predicted molar refractivity (Wildman–Crippen MR) is 72.4 cm³/mol. The Bertz CT molecular complexity index is 525. The number of rotatable bonds is 5. The van der Waals surface area contributed by atoms with Crippen molar-refractivity contribution in [2.45, 2.75) is 24.2 Å². The average molecular weight is 264 g/mol. The molecular formula is C13H16N2O2S. The zero-order valence-electron chi connectivity index (χ0n) is 10.5. The molecule has 2 aromatic rings. The summed E-state index contributed by atoms with van der Waals surface area (Å²) in [7, 11) is 1.63. The van der Waals surface area contributed by atoms with Crippen LogP contribution in [0.25, 0.3) is 0 Å². The monoisotopic (exact) mass is 264 g/mol. The third-order valence-electron chi connectivity index (χ3n) is 2.48. The molecule has 5 heteroatoms. The molecular weight excluding hydrogens is 248 g/mol. The molecule has 0 aliphatic rings. The van der Waals surface area contributed by atoms with E-state index in [4.69, 9.17) is 15.0 Å². The number of nitrogens with two attached hydrogens (primary N) is 1. The van der Waals surface area contributed by atoms with Gasteiger partial charge in [-0.05, 0) is 24.6 Å². The lowest BCUT2D eigenvalue weighted by Crippen LogP contribution is -1.88. The number of aromatic nitrogens is 1. The summed E-state index contributed by atoms with van der Waals surface area (Å²) in [6.45, 7) is 2.52. The van der Waals surface area contributed by atoms with E-state index in [1.807, 2.05) is 24.3 Å². The molecule has 4 nitrogen and oxygen atoms in total. The lowest BCUT2D eigenvalue weighted by molar-refractivity contribution is 0.156. The number of thioether (sulfide) groups is 1. The van der Waals surface area contributed by atoms with Crippen LogP contribution >= 0.6 is 11.8 Å². The zero-order chi connectivity index (χ0) is 13.0. The number of hydrogen-bond donors (Lipinski definition) is 1. The Morgan fingerprint density at radius 2 is 2.22 bits per heavy atom. The van der Waals surface area contributed by atoms with Crippen LogP contribution < -0.4 is 5.73 Å². The van der Waals surface area contributed by atoms with Crippen molar-refractivity contribution in [1.29, 1.82) is 0 Å². The molecule has 2 rings (SSSR count). The highest BCUT2D eigenvalue weighted by atomic mass is 32.2. The fourth-order valence-electron chi connectivity index (χ4n) is 1.56. The van der Waals surface area contributed by atoms with Gasteiger partial charge in [-0.25, -0.2) is 0 Å². The minimum atomic E-state index is 0.453. The molecule has 0 amide bonds. The van der Waals surface area contributed by atoms with E-state index in [-0.39, 0.29) is 0 Å². The quantitative estimate of drug-likeness (QED) is 0.664. The first-order chi connectivity index (χ1) is 8.69. The van der Waals surface area contributed by atoms with Gasteiger partial charge < -0.3 is 15.0 Å². The van der Waals surface area contributed by atoms with Gasteiger partial charge in [0.1, 0.15) is 6.61 Å². The van der Waals surface area contributed by atoms with E-state index in [9.17, 15) is 0 Å². The molecule has 0 saturated carbocycles. The molecule has 1 aromatic carbocycles. The summed E-state index contributed by atoms with van der Waals surface area (Å²) in [6, 6.07) is 7.83. The van der Waals surface area contributed by atoms with Gasteiger partial charge in [-0.3, -0.25) is 0 Å². The number of aryl methyl sites for hydroxylation is 1. The highest BCUT2D eigenvalue weighted by molar-refractivity contribution is 7.98. The van der Waals surface area contributed by atoms with Crippen molar-refractivity contribution >= 4 is 17.4 Å². The summed E-state index contributed by atoms with van der Waals surface area (Å²) in [5.41, 5.74) is 8.69. The maximum absolute atomic E-state index is 5.78. The van der Waals surface area contributed by atoms with E-state index in [1.165, 1.54) is 10.5 Å². The van der Waals surface area contributed by atoms with E-state index >= 15 is 0 Å². The summed E-state index contributed by atoms with van der Waals surface area (Å²) in [4.78, 5) is 1.17. The molecule has 0 aliphatic heterocycles. The first-order valence-electron chi connectivity index (χ1n) is 5.61. The van der Waals surface area contributed by atoms with Gasteiger partial charge in [-0.2, -0.15) is 0 Å². The fourth-order valence-corrected chi connectivity index (χ4v) is 2.51. The number of anilines is 1. The van der Waals surface area contributed by atoms with Crippen LogP contribution in [0.15, 0.2) is 33.7 Å². The van der Waals surface area contributed by atoms with Crippen molar-refractivity contribution in [2.24, 2.45) is 0 Å². The number of nitrogen functional groups attached to an aromatic ring is 1. The van der Waals surface area contributed by atoms with Crippen LogP contribution in [0.1, 0.15) is 17.0 Å². The van der Waals surface area contributed by atoms with Crippen molar-refractivity contribution in [3.63, 3.8) is 0 Å². The van der Waals surface area contributed by atoms with Gasteiger partial charge in [-0.1, -0.05) is 11.2 Å². The number of benzene rings is 1. The molecule has 0 atom stereocenters. The van der Waals surface area contributed by atoms with E-state index in [0.29, 0.717) is 6.61 Å². The second-order valence-electron chi connectivity index (χ2n) is 4.03. The molecule has 1 heterocycles. The highest BCUT2D eigenvalue weighted by Crippen LogP contribution is 2.27. The summed E-state index contributed by atoms with van der Waals surface area (Å²) in [5.74, 6) is 1.51. The number of hydrogen-bond acceptors (Lipinski definition) is 5. The summed E-state index contributed by atoms with van der Waals surface area (Å²) in [6.07, 6.45) is 0. The first kappa shape index (κ1) is 13.0. The minimum absolute atomic E-state index is 0.453. The SMILES string of the molecule is COCc1cc(CSc2cc(N)ccc2C)no1. The van der Waals surface area contributed by atoms with Gasteiger partial charge in [0.2, 0.25) is 0 Å². The van der Waals surface area contributed by atoms with E-state index < -0.39 is 0 Å². The first-order valence-corrected chi connectivity index (χ1v) is 6.60. The Balaban J connectivity index is 1.99. The van der Waals surface area contributed by atoms with Gasteiger partial charge in [0.05, 0.1) is 5.69 Å². The Hall–Kier alpha value is -1.46. The largest absolute Gasteiger partial charge is 0.399 e. The molecule has 96 valence electrons. The van der Waals surface area contributed by atoms with Crippen molar-refractivity contribution < 1.29 is 9.26 Å². The summed E-state index contributed by atoms with van der Waals surface area (Å²) < 4.78 is 10.1. The third-order valence-corrected chi connectivity index (χ3v) is 3.67. The topological polar surface area (TPSA) is 61.3 Å². The second kappa shape index (κ2) is 5.93. The number of ether oxygens (including phenoxy) is 1. The van der Waals surface area contributed by atoms with Crippen molar-refractivity contribution in [3.8, 4) is 0 Å². The smallest absolute Gasteiger partial charge is 0.162 e. The standard InChI is InChI=1S/C13H16N2O2S/c1-9-3-4-10(14)5-13(9)18-8-11-6-12(7-16-2)17-15-11/h3-6H,7-8,14H2,1-2H3. The van der Waals surface area contributed by atoms with Crippen molar-refractivity contribution in [2.75, 3.05) is 12.8 Å². The second-order valence-corrected chi connectivity index (χ2v) is 5.05. The van der Waals surface area contributed by atoms with E-state index in [2.05, 4.69) is 12.1 Å². The van der Waals surface area contributed by atoms with Gasteiger partial charge in [0.25, 0.3) is 0 Å². The predicted octanol–water partition coefficient (Wildman–Crippen LogP) is 3.00. The molecule has 0 saturated heterocycles. The maximum atomic E-state index is 5.78. The normalized spacial score (nSPS) is 10.8. The maximum Gasteiger partial charge on any atom is 0.162 e. The van der Waals surface area contributed by atoms with Crippen LogP contribution in [0.3, 0.4) is 0 Å². The van der Waals surface area contributed by atoms with Crippen LogP contribution in [0.2, 0.25) is 0 Å². The average Bonchev–Trinajstić information content (AvgIpc) is 2.79. The van der Waals surface area contributed by atoms with Crippen LogP contribution in [0.5, 0.6) is 0 Å². The Morgan fingerprint density at radius 1 is 1.39 bits per heavy atom. The third kappa shape index (κ3) is 3.27. The highest BCUT2D eigenvalue weighted by Gasteiger charge is 2.06. The molecule has 18 heavy (non-hydrogen) atoms. The van der Waals surface area contributed by atoms with Gasteiger partial charge in [0, 0.05) is 29.5 Å². The minimum Gasteiger partial charge on any atom is -0.399 e. The zero-order valence-corrected chi connectivity index (χ0v) is 11.3. The summed E-state index contributed by atoms with van der Waals surface area (Å²) >= 11 is 1.70. The van der Waals surface area contributed by atoms with Gasteiger partial charge in [-0.15, -0.1) is 11.8 Å². The molecule has 0 fully saturated rings.